The zero-order valence-corrected chi connectivity index (χ0v) is 10.2. The first-order valence-corrected chi connectivity index (χ1v) is 6.08. The van der Waals surface area contributed by atoms with Gasteiger partial charge in [-0.05, 0) is 17.7 Å². The number of hydrogen-bond acceptors (Lipinski definition) is 4. The Labute approximate surface area is 110 Å². The summed E-state index contributed by atoms with van der Waals surface area (Å²) in [6.07, 6.45) is 2.80. The molecule has 1 aliphatic heterocycles. The molecule has 3 N–H and O–H groups in total. The standard InChI is InChI=1S/C14H14FN3O/c15-10-5-9(6-17-7-10)14(18-16)12-8-19-13-4-2-1-3-11(12)13/h1-7,12,14,18H,8,16H2. The first-order valence-electron chi connectivity index (χ1n) is 6.08. The molecule has 2 unspecified atom stereocenters. The number of halogens is 1. The van der Waals surface area contributed by atoms with Crippen LogP contribution in [0.1, 0.15) is 23.1 Å². The first kappa shape index (κ1) is 12.1. The summed E-state index contributed by atoms with van der Waals surface area (Å²) in [5.74, 6) is 6.17. The van der Waals surface area contributed by atoms with Crippen LogP contribution in [0.15, 0.2) is 42.7 Å². The van der Waals surface area contributed by atoms with Gasteiger partial charge in [-0.2, -0.15) is 0 Å². The van der Waals surface area contributed by atoms with Gasteiger partial charge in [-0.1, -0.05) is 18.2 Å². The van der Waals surface area contributed by atoms with Gasteiger partial charge < -0.3 is 4.74 Å². The number of fused-ring (bicyclic) bond motifs is 1. The summed E-state index contributed by atoms with van der Waals surface area (Å²) in [4.78, 5) is 3.87. The second kappa shape index (κ2) is 4.95. The molecule has 2 aromatic rings. The quantitative estimate of drug-likeness (QED) is 0.653. The van der Waals surface area contributed by atoms with Crippen molar-refractivity contribution in [2.24, 2.45) is 5.84 Å². The summed E-state index contributed by atoms with van der Waals surface area (Å²) < 4.78 is 18.9. The summed E-state index contributed by atoms with van der Waals surface area (Å²) in [5.41, 5.74) is 4.54. The van der Waals surface area contributed by atoms with Crippen LogP contribution in [0.5, 0.6) is 5.75 Å². The zero-order chi connectivity index (χ0) is 13.2. The molecule has 0 aliphatic carbocycles. The number of para-hydroxylation sites is 1. The number of nitrogens with one attached hydrogen (secondary N) is 1. The molecule has 0 saturated carbocycles. The van der Waals surface area contributed by atoms with Crippen molar-refractivity contribution in [3.05, 3.63) is 59.7 Å². The minimum absolute atomic E-state index is 0.0461. The van der Waals surface area contributed by atoms with Crippen LogP contribution in [0.25, 0.3) is 0 Å². The second-order valence-electron chi connectivity index (χ2n) is 4.54. The number of nitrogens with zero attached hydrogens (tertiary/aromatic N) is 1. The average Bonchev–Trinajstić information content (AvgIpc) is 2.84. The van der Waals surface area contributed by atoms with E-state index < -0.39 is 0 Å². The maximum Gasteiger partial charge on any atom is 0.141 e. The maximum atomic E-state index is 13.3. The van der Waals surface area contributed by atoms with Gasteiger partial charge in [0.2, 0.25) is 0 Å². The molecule has 5 heteroatoms. The van der Waals surface area contributed by atoms with E-state index >= 15 is 0 Å². The van der Waals surface area contributed by atoms with E-state index in [0.29, 0.717) is 12.2 Å². The predicted molar refractivity (Wildman–Crippen MR) is 68.9 cm³/mol. The largest absolute Gasteiger partial charge is 0.493 e. The van der Waals surface area contributed by atoms with Crippen LogP contribution < -0.4 is 16.0 Å². The Kier molecular flexibility index (Phi) is 3.15. The monoisotopic (exact) mass is 259 g/mol. The molecule has 1 aromatic heterocycles. The van der Waals surface area contributed by atoms with E-state index in [1.54, 1.807) is 6.20 Å². The highest BCUT2D eigenvalue weighted by molar-refractivity contribution is 5.41. The molecule has 2 atom stereocenters. The molecule has 19 heavy (non-hydrogen) atoms. The Hall–Kier alpha value is -1.98. The third kappa shape index (κ3) is 2.18. The lowest BCUT2D eigenvalue weighted by molar-refractivity contribution is 0.300. The van der Waals surface area contributed by atoms with E-state index in [2.05, 4.69) is 10.4 Å². The fraction of sp³-hybridized carbons (Fsp3) is 0.214. The molecular formula is C14H14FN3O. The highest BCUT2D eigenvalue weighted by Gasteiger charge is 2.31. The van der Waals surface area contributed by atoms with Crippen molar-refractivity contribution in [2.75, 3.05) is 6.61 Å². The van der Waals surface area contributed by atoms with Crippen LogP contribution in [-0.2, 0) is 0 Å². The molecule has 3 rings (SSSR count). The Morgan fingerprint density at radius 1 is 1.37 bits per heavy atom. The summed E-state index contributed by atoms with van der Waals surface area (Å²) >= 11 is 0. The van der Waals surface area contributed by atoms with Gasteiger partial charge in [0.1, 0.15) is 11.6 Å². The van der Waals surface area contributed by atoms with E-state index in [1.807, 2.05) is 24.3 Å². The van der Waals surface area contributed by atoms with Gasteiger partial charge in [-0.15, -0.1) is 0 Å². The van der Waals surface area contributed by atoms with Gasteiger partial charge in [0.15, 0.2) is 0 Å². The summed E-state index contributed by atoms with van der Waals surface area (Å²) in [5, 5.41) is 0. The number of hydrazine groups is 1. The van der Waals surface area contributed by atoms with Crippen molar-refractivity contribution in [3.8, 4) is 5.75 Å². The van der Waals surface area contributed by atoms with E-state index in [9.17, 15) is 4.39 Å². The number of rotatable bonds is 3. The lowest BCUT2D eigenvalue weighted by Gasteiger charge is -2.22. The van der Waals surface area contributed by atoms with Gasteiger partial charge in [-0.3, -0.25) is 16.3 Å². The van der Waals surface area contributed by atoms with Crippen LogP contribution in [0, 0.1) is 5.82 Å². The lowest BCUT2D eigenvalue weighted by atomic mass is 9.89. The molecule has 98 valence electrons. The second-order valence-corrected chi connectivity index (χ2v) is 4.54. The number of nitrogens with two attached hydrogens (primary N) is 1. The molecule has 0 fully saturated rings. The smallest absolute Gasteiger partial charge is 0.141 e. The summed E-state index contributed by atoms with van der Waals surface area (Å²) in [6.45, 7) is 0.519. The summed E-state index contributed by atoms with van der Waals surface area (Å²) in [7, 11) is 0. The molecule has 0 bridgehead atoms. The van der Waals surface area contributed by atoms with E-state index in [-0.39, 0.29) is 17.8 Å². The van der Waals surface area contributed by atoms with Gasteiger partial charge in [-0.25, -0.2) is 4.39 Å². The molecule has 0 radical (unpaired) electrons. The normalized spacial score (nSPS) is 18.7. The Morgan fingerprint density at radius 3 is 3.00 bits per heavy atom. The summed E-state index contributed by atoms with van der Waals surface area (Å²) in [6, 6.07) is 9.02. The van der Waals surface area contributed by atoms with Crippen LogP contribution in [-0.4, -0.2) is 11.6 Å². The number of benzene rings is 1. The number of pyridine rings is 1. The molecule has 0 saturated heterocycles. The lowest BCUT2D eigenvalue weighted by Crippen LogP contribution is -2.33. The zero-order valence-electron chi connectivity index (χ0n) is 10.2. The molecule has 0 spiro atoms. The molecule has 1 aliphatic rings. The highest BCUT2D eigenvalue weighted by atomic mass is 19.1. The van der Waals surface area contributed by atoms with Crippen LogP contribution in [0.2, 0.25) is 0 Å². The van der Waals surface area contributed by atoms with Crippen molar-refractivity contribution in [2.45, 2.75) is 12.0 Å². The Morgan fingerprint density at radius 2 is 2.21 bits per heavy atom. The molecular weight excluding hydrogens is 245 g/mol. The maximum absolute atomic E-state index is 13.3. The molecule has 0 amide bonds. The van der Waals surface area contributed by atoms with E-state index in [0.717, 1.165) is 11.3 Å². The van der Waals surface area contributed by atoms with Crippen LogP contribution in [0.4, 0.5) is 4.39 Å². The predicted octanol–water partition coefficient (Wildman–Crippen LogP) is 1.90. The van der Waals surface area contributed by atoms with Crippen LogP contribution in [0.3, 0.4) is 0 Å². The van der Waals surface area contributed by atoms with Gasteiger partial charge in [0.25, 0.3) is 0 Å². The van der Waals surface area contributed by atoms with Gasteiger partial charge >= 0.3 is 0 Å². The van der Waals surface area contributed by atoms with Crippen molar-refractivity contribution in [3.63, 3.8) is 0 Å². The Bertz CT molecular complexity index is 590. The van der Waals surface area contributed by atoms with Crippen molar-refractivity contribution in [1.29, 1.82) is 0 Å². The minimum atomic E-state index is -0.370. The van der Waals surface area contributed by atoms with Crippen molar-refractivity contribution < 1.29 is 9.13 Å². The number of ether oxygens (including phenoxy) is 1. The van der Waals surface area contributed by atoms with E-state index in [1.165, 1.54) is 12.3 Å². The number of hydrogen-bond donors (Lipinski definition) is 2. The fourth-order valence-corrected chi connectivity index (χ4v) is 2.51. The van der Waals surface area contributed by atoms with Gasteiger partial charge in [0.05, 0.1) is 18.8 Å². The number of aromatic nitrogens is 1. The third-order valence-electron chi connectivity index (χ3n) is 3.40. The molecule has 2 heterocycles. The van der Waals surface area contributed by atoms with Crippen LogP contribution >= 0.6 is 0 Å². The highest BCUT2D eigenvalue weighted by Crippen LogP contribution is 2.40. The minimum Gasteiger partial charge on any atom is -0.493 e. The topological polar surface area (TPSA) is 60.2 Å². The molecule has 1 aromatic carbocycles. The van der Waals surface area contributed by atoms with E-state index in [4.69, 9.17) is 10.6 Å². The fourth-order valence-electron chi connectivity index (χ4n) is 2.51. The SMILES string of the molecule is NNC(c1cncc(F)c1)C1COc2ccccc21. The third-order valence-corrected chi connectivity index (χ3v) is 3.40. The van der Waals surface area contributed by atoms with Gasteiger partial charge in [0, 0.05) is 17.7 Å². The molecule has 4 nitrogen and oxygen atoms in total. The van der Waals surface area contributed by atoms with Crippen molar-refractivity contribution in [1.82, 2.24) is 10.4 Å². The van der Waals surface area contributed by atoms with Crippen molar-refractivity contribution >= 4 is 0 Å². The average molecular weight is 259 g/mol. The first-order chi connectivity index (χ1) is 9.29. The Balaban J connectivity index is 1.96.